The van der Waals surface area contributed by atoms with Gasteiger partial charge in [-0.25, -0.2) is 0 Å². The van der Waals surface area contributed by atoms with Gasteiger partial charge in [0, 0.05) is 26.3 Å². The first-order valence-electron chi connectivity index (χ1n) is 11.1. The average molecular weight is 609 g/mol. The largest absolute Gasteiger partial charge is 0.513 e. The molecule has 3 aromatic rings. The molecule has 0 saturated carbocycles. The van der Waals surface area contributed by atoms with Gasteiger partial charge in [0.15, 0.2) is 0 Å². The van der Waals surface area contributed by atoms with Gasteiger partial charge in [0.2, 0.25) is 0 Å². The quantitative estimate of drug-likeness (QED) is 0.266. The normalized spacial score (nSPS) is 13.6. The fourth-order valence-corrected chi connectivity index (χ4v) is 4.44. The Balaban J connectivity index is 0.000000398. The van der Waals surface area contributed by atoms with Crippen molar-refractivity contribution in [3.05, 3.63) is 76.2 Å². The van der Waals surface area contributed by atoms with E-state index in [1.807, 2.05) is 0 Å². The van der Waals surface area contributed by atoms with Crippen LogP contribution in [0.4, 0.5) is 0 Å². The Morgan fingerprint density at radius 2 is 1.81 bits per heavy atom. The summed E-state index contributed by atoms with van der Waals surface area (Å²) in [5.41, 5.74) is 9.19. The van der Waals surface area contributed by atoms with Gasteiger partial charge in [0.25, 0.3) is 0 Å². The standard InChI is InChI=1S/C23H24N.C5H10O2.Ir/c1-14(2)9-17-5-6-20-18(12-17)13-24-23-21(20)8-7-19-16(4)10-15(3)11-22(19)23;1-4(6)3-5(2)7;/h5-6,10,12-14H,7-9H2,1-4H3;3-4,6-7H,1-2H3;/q-1;;. The van der Waals surface area contributed by atoms with Gasteiger partial charge < -0.3 is 15.2 Å². The smallest absolute Gasteiger partial charge is 0.0877 e. The second kappa shape index (κ2) is 11.2. The van der Waals surface area contributed by atoms with E-state index < -0.39 is 6.10 Å². The molecule has 3 nitrogen and oxygen atoms in total. The molecule has 0 amide bonds. The number of hydrogen-bond acceptors (Lipinski definition) is 3. The maximum absolute atomic E-state index is 8.49. The predicted octanol–water partition coefficient (Wildman–Crippen LogP) is 6.44. The van der Waals surface area contributed by atoms with E-state index in [1.54, 1.807) is 6.92 Å². The van der Waals surface area contributed by atoms with E-state index in [0.717, 1.165) is 25.0 Å². The summed E-state index contributed by atoms with van der Waals surface area (Å²) in [5, 5.41) is 19.6. The van der Waals surface area contributed by atoms with Crippen LogP contribution in [0.2, 0.25) is 0 Å². The SMILES string of the molecule is CC(O)=CC(C)O.Cc1[c-]c2c(c(C)c1)CCc1c-2ncc2cc(CC(C)C)ccc12.[Ir]. The van der Waals surface area contributed by atoms with Crippen LogP contribution in [0.25, 0.3) is 22.0 Å². The molecule has 0 saturated heterocycles. The van der Waals surface area contributed by atoms with E-state index in [2.05, 4.69) is 64.2 Å². The zero-order valence-corrected chi connectivity index (χ0v) is 22.3. The van der Waals surface area contributed by atoms with Gasteiger partial charge in [0.05, 0.1) is 11.9 Å². The third-order valence-electron chi connectivity index (χ3n) is 5.58. The van der Waals surface area contributed by atoms with Crippen molar-refractivity contribution in [1.29, 1.82) is 0 Å². The molecule has 1 atom stereocenters. The molecule has 1 radical (unpaired) electrons. The van der Waals surface area contributed by atoms with Gasteiger partial charge in [-0.1, -0.05) is 51.8 Å². The van der Waals surface area contributed by atoms with Crippen molar-refractivity contribution in [1.82, 2.24) is 4.98 Å². The first kappa shape index (κ1) is 26.3. The van der Waals surface area contributed by atoms with Crippen molar-refractivity contribution in [3.63, 3.8) is 0 Å². The number of aliphatic hydroxyl groups excluding tert-OH is 2. The number of aryl methyl sites for hydroxylation is 3. The maximum atomic E-state index is 8.49. The first-order chi connectivity index (χ1) is 14.7. The summed E-state index contributed by atoms with van der Waals surface area (Å²) >= 11 is 0. The second-order valence-corrected chi connectivity index (χ2v) is 9.14. The Kier molecular flexibility index (Phi) is 9.21. The number of aromatic nitrogens is 1. The van der Waals surface area contributed by atoms with Gasteiger partial charge in [0.1, 0.15) is 0 Å². The zero-order chi connectivity index (χ0) is 22.7. The number of rotatable bonds is 3. The molecule has 4 heteroatoms. The van der Waals surface area contributed by atoms with E-state index in [4.69, 9.17) is 15.2 Å². The summed E-state index contributed by atoms with van der Waals surface area (Å²) in [6.45, 7) is 12.0. The molecule has 173 valence electrons. The van der Waals surface area contributed by atoms with E-state index in [9.17, 15) is 0 Å². The van der Waals surface area contributed by atoms with Crippen molar-refractivity contribution in [2.75, 3.05) is 0 Å². The van der Waals surface area contributed by atoms with E-state index in [1.165, 1.54) is 57.2 Å². The zero-order valence-electron chi connectivity index (χ0n) is 19.9. The predicted molar refractivity (Wildman–Crippen MR) is 130 cm³/mol. The van der Waals surface area contributed by atoms with Crippen LogP contribution in [0.15, 0.2) is 42.3 Å². The molecule has 1 unspecified atom stereocenters. The molecule has 0 aliphatic heterocycles. The molecule has 32 heavy (non-hydrogen) atoms. The van der Waals surface area contributed by atoms with Gasteiger partial charge in [-0.05, 0) is 66.8 Å². The van der Waals surface area contributed by atoms with E-state index in [-0.39, 0.29) is 25.9 Å². The third-order valence-corrected chi connectivity index (χ3v) is 5.58. The molecule has 0 fully saturated rings. The summed E-state index contributed by atoms with van der Waals surface area (Å²) in [6, 6.07) is 12.7. The van der Waals surface area contributed by atoms with Gasteiger partial charge >= 0.3 is 0 Å². The van der Waals surface area contributed by atoms with Crippen molar-refractivity contribution < 1.29 is 30.3 Å². The number of allylic oxidation sites excluding steroid dienone is 1. The first-order valence-corrected chi connectivity index (χ1v) is 11.1. The number of fused-ring (bicyclic) bond motifs is 5. The van der Waals surface area contributed by atoms with Crippen molar-refractivity contribution in [3.8, 4) is 11.3 Å². The number of benzene rings is 2. The summed E-state index contributed by atoms with van der Waals surface area (Å²) in [7, 11) is 0. The summed E-state index contributed by atoms with van der Waals surface area (Å²) in [5.74, 6) is 0.843. The molecule has 1 heterocycles. The monoisotopic (exact) mass is 609 g/mol. The van der Waals surface area contributed by atoms with Crippen molar-refractivity contribution >= 4 is 10.8 Å². The van der Waals surface area contributed by atoms with Gasteiger partial charge in [-0.3, -0.25) is 0 Å². The van der Waals surface area contributed by atoms with Gasteiger partial charge in [-0.2, -0.15) is 0 Å². The second-order valence-electron chi connectivity index (χ2n) is 9.14. The minimum Gasteiger partial charge on any atom is -0.513 e. The molecular weight excluding hydrogens is 575 g/mol. The van der Waals surface area contributed by atoms with E-state index >= 15 is 0 Å². The van der Waals surface area contributed by atoms with Crippen LogP contribution in [0.3, 0.4) is 0 Å². The fourth-order valence-electron chi connectivity index (χ4n) is 4.44. The summed E-state index contributed by atoms with van der Waals surface area (Å²) < 4.78 is 0. The van der Waals surface area contributed by atoms with E-state index in [0.29, 0.717) is 5.92 Å². The Morgan fingerprint density at radius 1 is 1.12 bits per heavy atom. The van der Waals surface area contributed by atoms with Crippen LogP contribution in [0.5, 0.6) is 0 Å². The number of nitrogens with zero attached hydrogens (tertiary/aromatic N) is 1. The number of hydrogen-bond donors (Lipinski definition) is 2. The Morgan fingerprint density at radius 3 is 2.41 bits per heavy atom. The summed E-state index contributed by atoms with van der Waals surface area (Å²) in [4.78, 5) is 4.86. The molecule has 1 aliphatic rings. The number of pyridine rings is 1. The molecule has 1 aromatic heterocycles. The van der Waals surface area contributed by atoms with Crippen molar-refractivity contribution in [2.45, 2.75) is 66.9 Å². The van der Waals surface area contributed by atoms with Crippen LogP contribution >= 0.6 is 0 Å². The molecule has 0 bridgehead atoms. The van der Waals surface area contributed by atoms with Crippen LogP contribution < -0.4 is 0 Å². The minimum atomic E-state index is -0.537. The number of aliphatic hydroxyl groups is 2. The maximum Gasteiger partial charge on any atom is 0.0877 e. The third kappa shape index (κ3) is 6.28. The molecular formula is C28H34IrNO2-. The molecule has 2 aromatic carbocycles. The fraction of sp³-hybridized carbons (Fsp3) is 0.393. The average Bonchev–Trinajstić information content (AvgIpc) is 2.66. The molecule has 2 N–H and O–H groups in total. The topological polar surface area (TPSA) is 53.4 Å². The molecule has 4 rings (SSSR count). The summed E-state index contributed by atoms with van der Waals surface area (Å²) in [6.07, 6.45) is 6.18. The van der Waals surface area contributed by atoms with Crippen molar-refractivity contribution in [2.24, 2.45) is 5.92 Å². The van der Waals surface area contributed by atoms with Gasteiger partial charge in [-0.15, -0.1) is 34.4 Å². The van der Waals surface area contributed by atoms with Crippen LogP contribution in [-0.4, -0.2) is 21.3 Å². The minimum absolute atomic E-state index is 0. The Labute approximate surface area is 206 Å². The van der Waals surface area contributed by atoms with Crippen LogP contribution in [0, 0.1) is 25.8 Å². The Bertz CT molecular complexity index is 1110. The van der Waals surface area contributed by atoms with Crippen LogP contribution in [0.1, 0.15) is 55.5 Å². The van der Waals surface area contributed by atoms with Crippen LogP contribution in [-0.2, 0) is 39.4 Å². The molecule has 0 spiro atoms. The Hall–Kier alpha value is -2.00. The molecule has 1 aliphatic carbocycles.